The first kappa shape index (κ1) is 17.5. The summed E-state index contributed by atoms with van der Waals surface area (Å²) in [5.74, 6) is 0.516. The highest BCUT2D eigenvalue weighted by Gasteiger charge is 2.21. The lowest BCUT2D eigenvalue weighted by molar-refractivity contribution is 0.161. The number of benzene rings is 1. The van der Waals surface area contributed by atoms with E-state index in [1.165, 1.54) is 18.4 Å². The number of carbonyl (C=O) groups excluding carboxylic acids is 1. The number of nitrogens with one attached hydrogen (secondary N) is 2. The molecule has 0 saturated carbocycles. The van der Waals surface area contributed by atoms with E-state index < -0.39 is 0 Å². The average Bonchev–Trinajstić information content (AvgIpc) is 3.14. The van der Waals surface area contributed by atoms with Crippen LogP contribution in [0.3, 0.4) is 0 Å². The van der Waals surface area contributed by atoms with Gasteiger partial charge in [-0.25, -0.2) is 4.79 Å². The van der Waals surface area contributed by atoms with Crippen LogP contribution in [-0.2, 0) is 13.1 Å². The van der Waals surface area contributed by atoms with Gasteiger partial charge in [-0.1, -0.05) is 30.3 Å². The summed E-state index contributed by atoms with van der Waals surface area (Å²) in [6.07, 6.45) is 4.07. The first-order chi connectivity index (χ1) is 12.2. The molecular formula is C19H27N5O. The van der Waals surface area contributed by atoms with Crippen LogP contribution < -0.4 is 5.32 Å². The van der Waals surface area contributed by atoms with E-state index in [-0.39, 0.29) is 6.03 Å². The van der Waals surface area contributed by atoms with Crippen molar-refractivity contribution >= 4 is 6.03 Å². The van der Waals surface area contributed by atoms with Gasteiger partial charge in [-0.05, 0) is 36.9 Å². The summed E-state index contributed by atoms with van der Waals surface area (Å²) in [6.45, 7) is 4.44. The lowest BCUT2D eigenvalue weighted by Gasteiger charge is -2.33. The van der Waals surface area contributed by atoms with E-state index in [2.05, 4.69) is 50.7 Å². The molecule has 25 heavy (non-hydrogen) atoms. The number of likely N-dealkylation sites (tertiary alicyclic amines) is 1. The molecule has 6 nitrogen and oxygen atoms in total. The number of carbonyl (C=O) groups is 1. The third kappa shape index (κ3) is 5.32. The molecule has 1 aliphatic rings. The van der Waals surface area contributed by atoms with E-state index in [4.69, 9.17) is 0 Å². The van der Waals surface area contributed by atoms with E-state index in [1.54, 1.807) is 18.1 Å². The topological polar surface area (TPSA) is 64.3 Å². The summed E-state index contributed by atoms with van der Waals surface area (Å²) < 4.78 is 0. The van der Waals surface area contributed by atoms with Crippen LogP contribution in [0.1, 0.15) is 24.1 Å². The number of nitrogens with zero attached hydrogens (tertiary/aromatic N) is 3. The second-order valence-corrected chi connectivity index (χ2v) is 6.85. The van der Waals surface area contributed by atoms with Crippen molar-refractivity contribution in [3.05, 3.63) is 53.9 Å². The van der Waals surface area contributed by atoms with E-state index in [0.29, 0.717) is 12.5 Å². The van der Waals surface area contributed by atoms with E-state index in [0.717, 1.165) is 31.9 Å². The van der Waals surface area contributed by atoms with Gasteiger partial charge in [0.25, 0.3) is 0 Å². The number of rotatable bonds is 6. The Balaban J connectivity index is 1.42. The van der Waals surface area contributed by atoms with Crippen LogP contribution in [0, 0.1) is 5.92 Å². The fraction of sp³-hybridized carbons (Fsp3) is 0.474. The van der Waals surface area contributed by atoms with Gasteiger partial charge in [-0.3, -0.25) is 10.00 Å². The molecule has 2 N–H and O–H groups in total. The summed E-state index contributed by atoms with van der Waals surface area (Å²) in [6, 6.07) is 12.4. The summed E-state index contributed by atoms with van der Waals surface area (Å²) >= 11 is 0. The van der Waals surface area contributed by atoms with Crippen molar-refractivity contribution < 1.29 is 4.79 Å². The molecule has 1 fully saturated rings. The molecule has 0 aliphatic carbocycles. The number of amides is 2. The van der Waals surface area contributed by atoms with E-state index >= 15 is 0 Å². The van der Waals surface area contributed by atoms with Gasteiger partial charge in [0.15, 0.2) is 0 Å². The van der Waals surface area contributed by atoms with Crippen molar-refractivity contribution in [2.45, 2.75) is 25.9 Å². The second kappa shape index (κ2) is 8.67. The maximum absolute atomic E-state index is 12.3. The molecule has 1 aliphatic heterocycles. The molecule has 2 amide bonds. The standard InChI is InChI=1S/C19H27N5O/c1-23(15-18-9-10-21-22-18)19(25)20-12-17-8-5-11-24(14-17)13-16-6-3-2-4-7-16/h2-4,6-7,9-10,17H,5,8,11-15H2,1H3,(H,20,25)(H,21,22). The quantitative estimate of drug-likeness (QED) is 0.848. The number of piperidine rings is 1. The molecule has 0 bridgehead atoms. The van der Waals surface area contributed by atoms with Crippen LogP contribution in [0.15, 0.2) is 42.6 Å². The normalized spacial score (nSPS) is 18.0. The van der Waals surface area contributed by atoms with Crippen molar-refractivity contribution in [2.24, 2.45) is 5.92 Å². The molecule has 2 aromatic rings. The smallest absolute Gasteiger partial charge is 0.317 e. The number of hydrogen-bond acceptors (Lipinski definition) is 3. The molecule has 1 aromatic heterocycles. The Hall–Kier alpha value is -2.34. The fourth-order valence-corrected chi connectivity index (χ4v) is 3.37. The summed E-state index contributed by atoms with van der Waals surface area (Å²) in [5.41, 5.74) is 2.29. The molecule has 2 heterocycles. The van der Waals surface area contributed by atoms with Gasteiger partial charge in [0, 0.05) is 32.9 Å². The van der Waals surface area contributed by atoms with Crippen molar-refractivity contribution in [1.82, 2.24) is 25.3 Å². The van der Waals surface area contributed by atoms with Crippen LogP contribution in [0.25, 0.3) is 0 Å². The predicted molar refractivity (Wildman–Crippen MR) is 97.9 cm³/mol. The molecule has 3 rings (SSSR count). The minimum absolute atomic E-state index is 0.0326. The number of hydrogen-bond donors (Lipinski definition) is 2. The molecule has 1 unspecified atom stereocenters. The van der Waals surface area contributed by atoms with E-state index in [1.807, 2.05) is 6.07 Å². The van der Waals surface area contributed by atoms with Crippen LogP contribution in [0.2, 0.25) is 0 Å². The number of urea groups is 1. The average molecular weight is 341 g/mol. The summed E-state index contributed by atoms with van der Waals surface area (Å²) in [7, 11) is 1.80. The third-order valence-electron chi connectivity index (χ3n) is 4.71. The largest absolute Gasteiger partial charge is 0.338 e. The van der Waals surface area contributed by atoms with Gasteiger partial charge in [-0.15, -0.1) is 0 Å². The first-order valence-corrected chi connectivity index (χ1v) is 8.94. The lowest BCUT2D eigenvalue weighted by Crippen LogP contribution is -2.43. The fourth-order valence-electron chi connectivity index (χ4n) is 3.37. The zero-order valence-electron chi connectivity index (χ0n) is 14.8. The molecule has 6 heteroatoms. The van der Waals surface area contributed by atoms with Crippen LogP contribution in [0.4, 0.5) is 4.79 Å². The summed E-state index contributed by atoms with van der Waals surface area (Å²) in [5, 5.41) is 9.86. The number of H-pyrrole nitrogens is 1. The highest BCUT2D eigenvalue weighted by Crippen LogP contribution is 2.18. The van der Waals surface area contributed by atoms with E-state index in [9.17, 15) is 4.79 Å². The Morgan fingerprint density at radius 1 is 1.36 bits per heavy atom. The predicted octanol–water partition coefficient (Wildman–Crippen LogP) is 2.46. The SMILES string of the molecule is CN(Cc1ccn[nH]1)C(=O)NCC1CCCN(Cc2ccccc2)C1. The van der Waals surface area contributed by atoms with Crippen molar-refractivity contribution in [2.75, 3.05) is 26.7 Å². The Labute approximate surface area is 149 Å². The molecule has 134 valence electrons. The minimum Gasteiger partial charge on any atom is -0.338 e. The second-order valence-electron chi connectivity index (χ2n) is 6.85. The maximum atomic E-state index is 12.3. The molecule has 1 atom stereocenters. The van der Waals surface area contributed by atoms with Gasteiger partial charge in [-0.2, -0.15) is 5.10 Å². The zero-order chi connectivity index (χ0) is 17.5. The molecule has 1 saturated heterocycles. The molecule has 0 spiro atoms. The Bertz CT molecular complexity index is 643. The highest BCUT2D eigenvalue weighted by atomic mass is 16.2. The molecule has 1 aromatic carbocycles. The maximum Gasteiger partial charge on any atom is 0.317 e. The van der Waals surface area contributed by atoms with Gasteiger partial charge < -0.3 is 10.2 Å². The summed E-state index contributed by atoms with van der Waals surface area (Å²) in [4.78, 5) is 16.4. The van der Waals surface area contributed by atoms with Crippen molar-refractivity contribution in [3.63, 3.8) is 0 Å². The molecular weight excluding hydrogens is 314 g/mol. The third-order valence-corrected chi connectivity index (χ3v) is 4.71. The zero-order valence-corrected chi connectivity index (χ0v) is 14.8. The highest BCUT2D eigenvalue weighted by molar-refractivity contribution is 5.73. The van der Waals surface area contributed by atoms with Crippen LogP contribution in [0.5, 0.6) is 0 Å². The lowest BCUT2D eigenvalue weighted by atomic mass is 9.97. The van der Waals surface area contributed by atoms with Gasteiger partial charge in [0.1, 0.15) is 0 Å². The van der Waals surface area contributed by atoms with Crippen molar-refractivity contribution in [1.29, 1.82) is 0 Å². The van der Waals surface area contributed by atoms with Gasteiger partial charge >= 0.3 is 6.03 Å². The van der Waals surface area contributed by atoms with Gasteiger partial charge in [0.2, 0.25) is 0 Å². The number of aromatic amines is 1. The first-order valence-electron chi connectivity index (χ1n) is 8.94. The van der Waals surface area contributed by atoms with Gasteiger partial charge in [0.05, 0.1) is 12.2 Å². The Morgan fingerprint density at radius 2 is 2.20 bits per heavy atom. The number of aromatic nitrogens is 2. The van der Waals surface area contributed by atoms with Crippen molar-refractivity contribution in [3.8, 4) is 0 Å². The Kier molecular flexibility index (Phi) is 6.06. The monoisotopic (exact) mass is 341 g/mol. The van der Waals surface area contributed by atoms with Crippen LogP contribution in [-0.4, -0.2) is 52.7 Å². The minimum atomic E-state index is -0.0326. The van der Waals surface area contributed by atoms with Crippen LogP contribution >= 0.6 is 0 Å². The Morgan fingerprint density at radius 3 is 2.96 bits per heavy atom. The molecule has 0 radical (unpaired) electrons.